The molecule has 0 saturated carbocycles. The van der Waals surface area contributed by atoms with Gasteiger partial charge in [-0.1, -0.05) is 73.3 Å². The fraction of sp³-hybridized carbons (Fsp3) is 0. The number of ketones is 4. The van der Waals surface area contributed by atoms with Crippen molar-refractivity contribution >= 4 is 46.9 Å². The zero-order chi connectivity index (χ0) is 26.9. The maximum Gasteiger partial charge on any atom is 0.197 e. The minimum absolute atomic E-state index is 0.0842. The normalized spacial score (nSPS) is 13.4. The lowest BCUT2D eigenvalue weighted by molar-refractivity contribution is 0.0975. The van der Waals surface area contributed by atoms with Crippen LogP contribution >= 0.6 is 11.6 Å². The molecule has 0 aliphatic heterocycles. The third kappa shape index (κ3) is 3.09. The van der Waals surface area contributed by atoms with Gasteiger partial charge in [-0.3, -0.25) is 19.2 Å². The van der Waals surface area contributed by atoms with Gasteiger partial charge in [-0.05, 0) is 46.5 Å². The largest absolute Gasteiger partial charge is 0.289 e. The second-order valence-corrected chi connectivity index (χ2v) is 9.39. The molecule has 0 unspecified atom stereocenters. The number of hydrogen-bond donors (Lipinski definition) is 0. The second-order valence-electron chi connectivity index (χ2n) is 8.99. The summed E-state index contributed by atoms with van der Waals surface area (Å²) in [5, 5.41) is 0.176. The number of fused-ring (bicyclic) bond motifs is 4. The lowest BCUT2D eigenvalue weighted by Crippen LogP contribution is -2.24. The van der Waals surface area contributed by atoms with Crippen molar-refractivity contribution in [3.05, 3.63) is 140 Å². The van der Waals surface area contributed by atoms with Gasteiger partial charge in [-0.2, -0.15) is 0 Å². The van der Waals surface area contributed by atoms with Gasteiger partial charge in [0.05, 0.1) is 16.1 Å². The van der Waals surface area contributed by atoms with Crippen LogP contribution in [0.1, 0.15) is 74.8 Å². The van der Waals surface area contributed by atoms with Crippen molar-refractivity contribution in [1.82, 2.24) is 0 Å². The van der Waals surface area contributed by atoms with Crippen LogP contribution in [0.5, 0.6) is 0 Å². The smallest absolute Gasteiger partial charge is 0.197 e. The Bertz CT molecular complexity index is 1850. The molecule has 2 aliphatic carbocycles. The number of halogens is 2. The molecule has 2 aliphatic rings. The molecule has 0 saturated heterocycles. The molecule has 0 radical (unpaired) electrons. The molecule has 6 heteroatoms. The highest BCUT2D eigenvalue weighted by Crippen LogP contribution is 2.40. The summed E-state index contributed by atoms with van der Waals surface area (Å²) in [4.78, 5) is 53.5. The zero-order valence-corrected chi connectivity index (χ0v) is 20.5. The Morgan fingerprint density at radius 3 is 1.89 bits per heavy atom. The molecule has 0 aromatic heterocycles. The number of carbonyl (C=O) groups excluding carboxylic acids is 4. The first kappa shape index (κ1) is 23.6. The quantitative estimate of drug-likeness (QED) is 0.253. The van der Waals surface area contributed by atoms with E-state index in [9.17, 15) is 19.2 Å². The monoisotopic (exact) mass is 518 g/mol. The number of rotatable bonds is 3. The molecular formula is C32H16ClFO4. The van der Waals surface area contributed by atoms with E-state index in [1.807, 2.05) is 0 Å². The molecular weight excluding hydrogens is 503 g/mol. The van der Waals surface area contributed by atoms with Gasteiger partial charge in [0.15, 0.2) is 23.1 Å². The first-order valence-corrected chi connectivity index (χ1v) is 12.0. The van der Waals surface area contributed by atoms with Crippen LogP contribution in [0.25, 0.3) is 23.3 Å². The fourth-order valence-corrected chi connectivity index (χ4v) is 5.62. The summed E-state index contributed by atoms with van der Waals surface area (Å²) in [6, 6.07) is 15.1. The average molecular weight is 519 g/mol. The van der Waals surface area contributed by atoms with E-state index >= 15 is 4.39 Å². The van der Waals surface area contributed by atoms with E-state index in [1.165, 1.54) is 36.4 Å². The van der Waals surface area contributed by atoms with Gasteiger partial charge in [0.25, 0.3) is 0 Å². The number of carbonyl (C=O) groups is 4. The summed E-state index contributed by atoms with van der Waals surface area (Å²) < 4.78 is 15.5. The SMILES string of the molecule is C=Cc1cccc2c1C(=O)c1cc(-c3ccc4c(c3C=C)C(=O)c3cccc(Cl)c3C4=O)cc(F)c1C2=O. The molecule has 6 rings (SSSR count). The molecule has 182 valence electrons. The van der Waals surface area contributed by atoms with E-state index < -0.39 is 29.0 Å². The standard InChI is InChI=1S/C32H16ClFO4/c1-3-15-7-5-8-19-25(15)32(38)22-13-16(14-24(34)28(22)31(19)37)18-11-12-21-26(17(18)4-2)29(35)20-9-6-10-23(33)27(20)30(21)36/h3-14H,1-2H2. The Kier molecular flexibility index (Phi) is 5.23. The molecule has 0 N–H and O–H groups in total. The first-order chi connectivity index (χ1) is 18.3. The van der Waals surface area contributed by atoms with Crippen molar-refractivity contribution in [2.24, 2.45) is 0 Å². The molecule has 0 atom stereocenters. The highest BCUT2D eigenvalue weighted by atomic mass is 35.5. The minimum atomic E-state index is -0.863. The van der Waals surface area contributed by atoms with Gasteiger partial charge in [0.2, 0.25) is 0 Å². The van der Waals surface area contributed by atoms with Crippen LogP contribution in [0.3, 0.4) is 0 Å². The second kappa shape index (κ2) is 8.40. The van der Waals surface area contributed by atoms with Crippen LogP contribution in [0.4, 0.5) is 4.39 Å². The van der Waals surface area contributed by atoms with E-state index in [2.05, 4.69) is 13.2 Å². The molecule has 4 aromatic rings. The van der Waals surface area contributed by atoms with E-state index in [1.54, 1.807) is 30.3 Å². The van der Waals surface area contributed by atoms with E-state index in [-0.39, 0.29) is 55.1 Å². The molecule has 4 nitrogen and oxygen atoms in total. The highest BCUT2D eigenvalue weighted by molar-refractivity contribution is 6.39. The van der Waals surface area contributed by atoms with Gasteiger partial charge in [0, 0.05) is 33.4 Å². The summed E-state index contributed by atoms with van der Waals surface area (Å²) >= 11 is 6.24. The van der Waals surface area contributed by atoms with Crippen molar-refractivity contribution in [2.45, 2.75) is 0 Å². The maximum absolute atomic E-state index is 15.5. The molecule has 0 bridgehead atoms. The Hall–Kier alpha value is -4.74. The van der Waals surface area contributed by atoms with Gasteiger partial charge in [0.1, 0.15) is 5.82 Å². The van der Waals surface area contributed by atoms with Crippen LogP contribution in [0.2, 0.25) is 5.02 Å². The zero-order valence-electron chi connectivity index (χ0n) is 19.7. The molecule has 0 spiro atoms. The number of benzene rings is 4. The van der Waals surface area contributed by atoms with E-state index in [0.717, 1.165) is 6.07 Å². The van der Waals surface area contributed by atoms with Crippen LogP contribution in [0, 0.1) is 5.82 Å². The van der Waals surface area contributed by atoms with Crippen LogP contribution in [-0.2, 0) is 0 Å². The van der Waals surface area contributed by atoms with Crippen molar-refractivity contribution in [3.63, 3.8) is 0 Å². The third-order valence-electron chi connectivity index (χ3n) is 7.07. The highest BCUT2D eigenvalue weighted by Gasteiger charge is 2.36. The Morgan fingerprint density at radius 1 is 0.605 bits per heavy atom. The lowest BCUT2D eigenvalue weighted by Gasteiger charge is -2.23. The summed E-state index contributed by atoms with van der Waals surface area (Å²) in [5.74, 6) is -2.77. The van der Waals surface area contributed by atoms with Crippen molar-refractivity contribution in [1.29, 1.82) is 0 Å². The molecule has 4 aromatic carbocycles. The third-order valence-corrected chi connectivity index (χ3v) is 7.38. The minimum Gasteiger partial charge on any atom is -0.289 e. The van der Waals surface area contributed by atoms with Gasteiger partial charge in [-0.25, -0.2) is 4.39 Å². The predicted octanol–water partition coefficient (Wildman–Crippen LogP) is 6.98. The van der Waals surface area contributed by atoms with Gasteiger partial charge in [-0.15, -0.1) is 0 Å². The average Bonchev–Trinajstić information content (AvgIpc) is 2.92. The summed E-state index contributed by atoms with van der Waals surface area (Å²) in [6.07, 6.45) is 2.89. The van der Waals surface area contributed by atoms with E-state index in [0.29, 0.717) is 16.7 Å². The Balaban J connectivity index is 1.58. The summed E-state index contributed by atoms with van der Waals surface area (Å²) in [6.45, 7) is 7.55. The maximum atomic E-state index is 15.5. The molecule has 38 heavy (non-hydrogen) atoms. The fourth-order valence-electron chi connectivity index (χ4n) is 5.35. The van der Waals surface area contributed by atoms with Crippen LogP contribution < -0.4 is 0 Å². The van der Waals surface area contributed by atoms with Crippen LogP contribution in [0.15, 0.2) is 73.8 Å². The van der Waals surface area contributed by atoms with Crippen LogP contribution in [-0.4, -0.2) is 23.1 Å². The van der Waals surface area contributed by atoms with Gasteiger partial charge >= 0.3 is 0 Å². The van der Waals surface area contributed by atoms with E-state index in [4.69, 9.17) is 11.6 Å². The molecule has 0 amide bonds. The number of hydrogen-bond acceptors (Lipinski definition) is 4. The summed E-state index contributed by atoms with van der Waals surface area (Å²) in [5.41, 5.74) is 1.91. The van der Waals surface area contributed by atoms with Gasteiger partial charge < -0.3 is 0 Å². The Labute approximate surface area is 221 Å². The van der Waals surface area contributed by atoms with Crippen molar-refractivity contribution < 1.29 is 23.6 Å². The predicted molar refractivity (Wildman–Crippen MR) is 144 cm³/mol. The van der Waals surface area contributed by atoms with Crippen molar-refractivity contribution in [2.75, 3.05) is 0 Å². The molecule has 0 heterocycles. The lowest BCUT2D eigenvalue weighted by atomic mass is 9.78. The Morgan fingerprint density at radius 2 is 1.18 bits per heavy atom. The topological polar surface area (TPSA) is 68.3 Å². The summed E-state index contributed by atoms with van der Waals surface area (Å²) in [7, 11) is 0. The first-order valence-electron chi connectivity index (χ1n) is 11.6. The molecule has 0 fully saturated rings. The van der Waals surface area contributed by atoms with Crippen molar-refractivity contribution in [3.8, 4) is 11.1 Å².